The zero-order chi connectivity index (χ0) is 12.1. The number of benzene rings is 1. The number of nitrogens with one attached hydrogen (secondary N) is 2. The molecule has 1 aromatic heterocycles. The number of hydrogen-bond donors (Lipinski definition) is 2. The number of nitriles is 1. The van der Waals surface area contributed by atoms with E-state index >= 15 is 0 Å². The van der Waals surface area contributed by atoms with E-state index in [2.05, 4.69) is 21.4 Å². The molecule has 0 unspecified atom stereocenters. The lowest BCUT2D eigenvalue weighted by molar-refractivity contribution is 0.416. The van der Waals surface area contributed by atoms with Crippen molar-refractivity contribution in [2.24, 2.45) is 0 Å². The second-order valence-electron chi connectivity index (χ2n) is 3.46. The first-order valence-electron chi connectivity index (χ1n) is 5.12. The van der Waals surface area contributed by atoms with Crippen molar-refractivity contribution >= 4 is 5.69 Å². The fraction of sp³-hybridized carbons (Fsp3) is 0.167. The number of hydrogen-bond acceptors (Lipinski definition) is 4. The van der Waals surface area contributed by atoms with Crippen LogP contribution in [0.3, 0.4) is 0 Å². The molecule has 1 heterocycles. The summed E-state index contributed by atoms with van der Waals surface area (Å²) in [5.74, 6) is 0.656. The Morgan fingerprint density at radius 1 is 1.53 bits per heavy atom. The van der Waals surface area contributed by atoms with Gasteiger partial charge in [0, 0.05) is 12.3 Å². The monoisotopic (exact) mass is 228 g/mol. The Labute approximate surface area is 99.1 Å². The van der Waals surface area contributed by atoms with Crippen LogP contribution in [0.2, 0.25) is 0 Å². The van der Waals surface area contributed by atoms with Crippen molar-refractivity contribution in [2.75, 3.05) is 12.4 Å². The summed E-state index contributed by atoms with van der Waals surface area (Å²) < 4.78 is 5.22. The third kappa shape index (κ3) is 2.55. The average Bonchev–Trinajstić information content (AvgIpc) is 2.89. The van der Waals surface area contributed by atoms with Gasteiger partial charge in [0.2, 0.25) is 0 Å². The summed E-state index contributed by atoms with van der Waals surface area (Å²) in [6.45, 7) is 0.627. The van der Waals surface area contributed by atoms with Crippen molar-refractivity contribution in [3.8, 4) is 11.8 Å². The van der Waals surface area contributed by atoms with Crippen LogP contribution in [-0.4, -0.2) is 17.1 Å². The summed E-state index contributed by atoms with van der Waals surface area (Å²) in [6, 6.07) is 7.35. The highest BCUT2D eigenvalue weighted by Gasteiger charge is 2.04. The minimum Gasteiger partial charge on any atom is -0.495 e. The number of ether oxygens (including phenoxy) is 1. The smallest absolute Gasteiger partial charge is 0.143 e. The molecule has 1 aromatic carbocycles. The number of methoxy groups -OCH3 is 1. The normalized spacial score (nSPS) is 9.65. The molecule has 5 heteroatoms. The van der Waals surface area contributed by atoms with Gasteiger partial charge in [-0.25, -0.2) is 4.98 Å². The molecule has 0 aliphatic carbocycles. The second kappa shape index (κ2) is 5.03. The number of aromatic amines is 1. The molecule has 0 fully saturated rings. The van der Waals surface area contributed by atoms with E-state index in [1.165, 1.54) is 0 Å². The van der Waals surface area contributed by atoms with E-state index in [1.54, 1.807) is 31.8 Å². The molecule has 0 atom stereocenters. The van der Waals surface area contributed by atoms with E-state index in [1.807, 2.05) is 6.07 Å². The Bertz CT molecular complexity index is 528. The van der Waals surface area contributed by atoms with E-state index in [0.717, 1.165) is 11.4 Å². The Hall–Kier alpha value is -2.48. The molecule has 2 aromatic rings. The zero-order valence-corrected chi connectivity index (χ0v) is 9.40. The minimum atomic E-state index is 0.578. The largest absolute Gasteiger partial charge is 0.495 e. The van der Waals surface area contributed by atoms with Crippen LogP contribution in [0.1, 0.15) is 11.3 Å². The average molecular weight is 228 g/mol. The second-order valence-corrected chi connectivity index (χ2v) is 3.46. The van der Waals surface area contributed by atoms with E-state index in [-0.39, 0.29) is 0 Å². The van der Waals surface area contributed by atoms with E-state index in [4.69, 9.17) is 10.00 Å². The number of imidazole rings is 1. The van der Waals surface area contributed by atoms with Gasteiger partial charge in [0.05, 0.1) is 43.0 Å². The van der Waals surface area contributed by atoms with Crippen molar-refractivity contribution in [1.29, 1.82) is 5.26 Å². The summed E-state index contributed by atoms with van der Waals surface area (Å²) in [4.78, 5) is 6.94. The zero-order valence-electron chi connectivity index (χ0n) is 9.40. The van der Waals surface area contributed by atoms with Crippen LogP contribution in [0.4, 0.5) is 5.69 Å². The van der Waals surface area contributed by atoms with Gasteiger partial charge < -0.3 is 15.0 Å². The molecule has 17 heavy (non-hydrogen) atoms. The Morgan fingerprint density at radius 3 is 3.06 bits per heavy atom. The molecular formula is C12H12N4O. The predicted molar refractivity (Wildman–Crippen MR) is 63.6 cm³/mol. The Balaban J connectivity index is 2.13. The summed E-state index contributed by atoms with van der Waals surface area (Å²) in [6.07, 6.45) is 3.39. The van der Waals surface area contributed by atoms with Crippen LogP contribution in [0, 0.1) is 11.3 Å². The highest BCUT2D eigenvalue weighted by atomic mass is 16.5. The summed E-state index contributed by atoms with van der Waals surface area (Å²) >= 11 is 0. The van der Waals surface area contributed by atoms with Gasteiger partial charge in [0.1, 0.15) is 5.75 Å². The van der Waals surface area contributed by atoms with Crippen molar-refractivity contribution in [3.05, 3.63) is 42.0 Å². The number of aromatic nitrogens is 2. The minimum absolute atomic E-state index is 0.578. The molecule has 5 nitrogen and oxygen atoms in total. The van der Waals surface area contributed by atoms with Gasteiger partial charge >= 0.3 is 0 Å². The summed E-state index contributed by atoms with van der Waals surface area (Å²) in [5.41, 5.74) is 2.41. The lowest BCUT2D eigenvalue weighted by Gasteiger charge is -2.10. The molecule has 0 radical (unpaired) electrons. The molecular weight excluding hydrogens is 216 g/mol. The molecule has 0 spiro atoms. The molecule has 0 bridgehead atoms. The standard InChI is InChI=1S/C12H12N4O/c1-17-12-4-9(5-13)2-3-11(12)15-7-10-6-14-8-16-10/h2-4,6,8,15H,7H2,1H3,(H,14,16). The SMILES string of the molecule is COc1cc(C#N)ccc1NCc1cnc[nH]1. The van der Waals surface area contributed by atoms with Crippen LogP contribution in [0.15, 0.2) is 30.7 Å². The van der Waals surface area contributed by atoms with Crippen LogP contribution < -0.4 is 10.1 Å². The van der Waals surface area contributed by atoms with Crippen molar-refractivity contribution < 1.29 is 4.74 Å². The number of H-pyrrole nitrogens is 1. The maximum absolute atomic E-state index is 8.79. The molecule has 0 saturated carbocycles. The Morgan fingerprint density at radius 2 is 2.41 bits per heavy atom. The van der Waals surface area contributed by atoms with Gasteiger partial charge in [0.25, 0.3) is 0 Å². The van der Waals surface area contributed by atoms with Gasteiger partial charge in [-0.15, -0.1) is 0 Å². The van der Waals surface area contributed by atoms with E-state index in [9.17, 15) is 0 Å². The van der Waals surface area contributed by atoms with Gasteiger partial charge in [-0.2, -0.15) is 5.26 Å². The van der Waals surface area contributed by atoms with E-state index < -0.39 is 0 Å². The molecule has 0 aliphatic rings. The van der Waals surface area contributed by atoms with Crippen LogP contribution in [0.25, 0.3) is 0 Å². The molecule has 0 amide bonds. The third-order valence-electron chi connectivity index (χ3n) is 2.35. The first kappa shape index (κ1) is 11.0. The maximum atomic E-state index is 8.79. The maximum Gasteiger partial charge on any atom is 0.143 e. The Kier molecular flexibility index (Phi) is 3.26. The van der Waals surface area contributed by atoms with Gasteiger partial charge in [0.15, 0.2) is 0 Å². The number of rotatable bonds is 4. The fourth-order valence-corrected chi connectivity index (χ4v) is 1.48. The number of nitrogens with zero attached hydrogens (tertiary/aromatic N) is 2. The summed E-state index contributed by atoms with van der Waals surface area (Å²) in [7, 11) is 1.58. The van der Waals surface area contributed by atoms with Gasteiger partial charge in [-0.05, 0) is 12.1 Å². The molecule has 2 N–H and O–H groups in total. The van der Waals surface area contributed by atoms with Gasteiger partial charge in [-0.3, -0.25) is 0 Å². The van der Waals surface area contributed by atoms with Crippen molar-refractivity contribution in [1.82, 2.24) is 9.97 Å². The molecule has 0 saturated heterocycles. The highest BCUT2D eigenvalue weighted by molar-refractivity contribution is 5.59. The molecule has 0 aliphatic heterocycles. The molecule has 86 valence electrons. The quantitative estimate of drug-likeness (QED) is 0.838. The number of anilines is 1. The molecule has 2 rings (SSSR count). The summed E-state index contributed by atoms with van der Waals surface area (Å²) in [5, 5.41) is 12.0. The predicted octanol–water partition coefficient (Wildman–Crippen LogP) is 1.90. The van der Waals surface area contributed by atoms with Gasteiger partial charge in [-0.1, -0.05) is 0 Å². The van der Waals surface area contributed by atoms with Crippen LogP contribution in [0.5, 0.6) is 5.75 Å². The highest BCUT2D eigenvalue weighted by Crippen LogP contribution is 2.25. The van der Waals surface area contributed by atoms with Crippen molar-refractivity contribution in [3.63, 3.8) is 0 Å². The van der Waals surface area contributed by atoms with Crippen molar-refractivity contribution in [2.45, 2.75) is 6.54 Å². The lowest BCUT2D eigenvalue weighted by atomic mass is 10.2. The van der Waals surface area contributed by atoms with E-state index in [0.29, 0.717) is 17.9 Å². The van der Waals surface area contributed by atoms with Crippen LogP contribution in [-0.2, 0) is 6.54 Å². The first-order valence-corrected chi connectivity index (χ1v) is 5.12. The third-order valence-corrected chi connectivity index (χ3v) is 2.35. The topological polar surface area (TPSA) is 73.7 Å². The lowest BCUT2D eigenvalue weighted by Crippen LogP contribution is -2.01. The van der Waals surface area contributed by atoms with Crippen LogP contribution >= 0.6 is 0 Å². The first-order chi connectivity index (χ1) is 8.33. The fourth-order valence-electron chi connectivity index (χ4n) is 1.48.